The summed E-state index contributed by atoms with van der Waals surface area (Å²) in [5.41, 5.74) is 1.36. The number of benzene rings is 1. The summed E-state index contributed by atoms with van der Waals surface area (Å²) in [7, 11) is 0. The second-order valence-electron chi connectivity index (χ2n) is 4.84. The molecule has 0 amide bonds. The summed E-state index contributed by atoms with van der Waals surface area (Å²) in [6.45, 7) is 5.33. The smallest absolute Gasteiger partial charge is 0.119 e. The van der Waals surface area contributed by atoms with Crippen molar-refractivity contribution in [2.45, 2.75) is 39.0 Å². The van der Waals surface area contributed by atoms with E-state index in [1.165, 1.54) is 24.8 Å². The molecule has 1 aromatic carbocycles. The molecule has 1 nitrogen and oxygen atoms in total. The van der Waals surface area contributed by atoms with Gasteiger partial charge in [-0.3, -0.25) is 0 Å². The van der Waals surface area contributed by atoms with E-state index in [9.17, 15) is 0 Å². The number of rotatable bonds is 4. The molecular formula is C14H20O. The fourth-order valence-corrected chi connectivity index (χ4v) is 1.84. The predicted molar refractivity (Wildman–Crippen MR) is 63.4 cm³/mol. The molecule has 0 saturated heterocycles. The van der Waals surface area contributed by atoms with Crippen molar-refractivity contribution < 1.29 is 4.74 Å². The highest BCUT2D eigenvalue weighted by atomic mass is 16.5. The highest BCUT2D eigenvalue weighted by Gasteiger charge is 2.17. The summed E-state index contributed by atoms with van der Waals surface area (Å²) in [6, 6.07) is 8.49. The summed E-state index contributed by atoms with van der Waals surface area (Å²) in [5, 5.41) is 0. The molecule has 0 spiro atoms. The third-order valence-electron chi connectivity index (χ3n) is 3.24. The molecule has 0 atom stereocenters. The van der Waals surface area contributed by atoms with Crippen LogP contribution in [0.3, 0.4) is 0 Å². The minimum Gasteiger partial charge on any atom is -0.493 e. The van der Waals surface area contributed by atoms with Crippen LogP contribution in [0.25, 0.3) is 0 Å². The van der Waals surface area contributed by atoms with Gasteiger partial charge in [-0.2, -0.15) is 0 Å². The van der Waals surface area contributed by atoms with Crippen LogP contribution in [0.5, 0.6) is 5.75 Å². The maximum absolute atomic E-state index is 5.80. The number of hydrogen-bond donors (Lipinski definition) is 0. The van der Waals surface area contributed by atoms with Gasteiger partial charge in [0, 0.05) is 0 Å². The fourth-order valence-electron chi connectivity index (χ4n) is 1.84. The largest absolute Gasteiger partial charge is 0.493 e. The number of hydrogen-bond acceptors (Lipinski definition) is 1. The second-order valence-corrected chi connectivity index (χ2v) is 4.84. The van der Waals surface area contributed by atoms with Crippen LogP contribution in [0.15, 0.2) is 24.3 Å². The topological polar surface area (TPSA) is 9.23 Å². The Kier molecular flexibility index (Phi) is 3.30. The van der Waals surface area contributed by atoms with Crippen LogP contribution in [0, 0.1) is 5.92 Å². The normalized spacial score (nSPS) is 16.5. The first-order valence-corrected chi connectivity index (χ1v) is 5.98. The zero-order valence-corrected chi connectivity index (χ0v) is 9.70. The molecule has 15 heavy (non-hydrogen) atoms. The van der Waals surface area contributed by atoms with Gasteiger partial charge < -0.3 is 4.74 Å². The van der Waals surface area contributed by atoms with Gasteiger partial charge in [0.1, 0.15) is 5.75 Å². The van der Waals surface area contributed by atoms with Crippen molar-refractivity contribution in [1.29, 1.82) is 0 Å². The second kappa shape index (κ2) is 4.69. The van der Waals surface area contributed by atoms with E-state index < -0.39 is 0 Å². The third-order valence-corrected chi connectivity index (χ3v) is 3.24. The molecule has 1 saturated carbocycles. The van der Waals surface area contributed by atoms with Gasteiger partial charge in [0.15, 0.2) is 0 Å². The minimum atomic E-state index is 0.581. The zero-order chi connectivity index (χ0) is 10.7. The van der Waals surface area contributed by atoms with Crippen LogP contribution in [0.4, 0.5) is 0 Å². The molecule has 1 heteroatoms. The van der Waals surface area contributed by atoms with E-state index in [1.807, 2.05) is 0 Å². The van der Waals surface area contributed by atoms with E-state index >= 15 is 0 Å². The van der Waals surface area contributed by atoms with E-state index in [2.05, 4.69) is 38.1 Å². The van der Waals surface area contributed by atoms with E-state index in [0.717, 1.165) is 18.3 Å². The molecule has 0 bridgehead atoms. The Morgan fingerprint density at radius 2 is 2.13 bits per heavy atom. The van der Waals surface area contributed by atoms with Crippen molar-refractivity contribution in [3.63, 3.8) is 0 Å². The summed E-state index contributed by atoms with van der Waals surface area (Å²) >= 11 is 0. The standard InChI is InChI=1S/C14H20O/c1-11(2)13-7-4-8-14(9-13)15-10-12-5-3-6-12/h4,7-9,11-12H,3,5-6,10H2,1-2H3. The Labute approximate surface area is 92.5 Å². The lowest BCUT2D eigenvalue weighted by Crippen LogP contribution is -2.19. The molecule has 0 radical (unpaired) electrons. The molecule has 0 N–H and O–H groups in total. The van der Waals surface area contributed by atoms with Crippen LogP contribution < -0.4 is 4.74 Å². The van der Waals surface area contributed by atoms with E-state index in [1.54, 1.807) is 0 Å². The maximum Gasteiger partial charge on any atom is 0.119 e. The van der Waals surface area contributed by atoms with Crippen molar-refractivity contribution in [2.24, 2.45) is 5.92 Å². The lowest BCUT2D eigenvalue weighted by Gasteiger charge is -2.25. The van der Waals surface area contributed by atoms with Crippen molar-refractivity contribution in [1.82, 2.24) is 0 Å². The molecule has 1 fully saturated rings. The van der Waals surface area contributed by atoms with Gasteiger partial charge in [-0.1, -0.05) is 32.4 Å². The van der Waals surface area contributed by atoms with E-state index in [0.29, 0.717) is 5.92 Å². The van der Waals surface area contributed by atoms with Gasteiger partial charge in [0.05, 0.1) is 6.61 Å². The molecule has 1 aromatic rings. The zero-order valence-electron chi connectivity index (χ0n) is 9.70. The molecule has 0 unspecified atom stereocenters. The van der Waals surface area contributed by atoms with Gasteiger partial charge in [0.2, 0.25) is 0 Å². The summed E-state index contributed by atoms with van der Waals surface area (Å²) in [5.74, 6) is 2.43. The van der Waals surface area contributed by atoms with Crippen LogP contribution in [0.2, 0.25) is 0 Å². The van der Waals surface area contributed by atoms with E-state index in [-0.39, 0.29) is 0 Å². The number of ether oxygens (including phenoxy) is 1. The maximum atomic E-state index is 5.80. The van der Waals surface area contributed by atoms with Crippen LogP contribution in [-0.2, 0) is 0 Å². The molecule has 82 valence electrons. The summed E-state index contributed by atoms with van der Waals surface area (Å²) in [4.78, 5) is 0. The third kappa shape index (κ3) is 2.74. The van der Waals surface area contributed by atoms with Crippen LogP contribution in [-0.4, -0.2) is 6.61 Å². The SMILES string of the molecule is CC(C)c1cccc(OCC2CCC2)c1. The van der Waals surface area contributed by atoms with Crippen LogP contribution >= 0.6 is 0 Å². The first-order chi connectivity index (χ1) is 7.25. The van der Waals surface area contributed by atoms with Crippen LogP contribution in [0.1, 0.15) is 44.6 Å². The van der Waals surface area contributed by atoms with Gasteiger partial charge in [0.25, 0.3) is 0 Å². The Balaban J connectivity index is 1.92. The molecule has 0 aromatic heterocycles. The van der Waals surface area contributed by atoms with Crippen molar-refractivity contribution in [3.8, 4) is 5.75 Å². The quantitative estimate of drug-likeness (QED) is 0.720. The van der Waals surface area contributed by atoms with Crippen molar-refractivity contribution in [3.05, 3.63) is 29.8 Å². The van der Waals surface area contributed by atoms with Crippen molar-refractivity contribution in [2.75, 3.05) is 6.61 Å². The highest BCUT2D eigenvalue weighted by molar-refractivity contribution is 5.30. The average molecular weight is 204 g/mol. The lowest BCUT2D eigenvalue weighted by atomic mass is 9.86. The molecule has 1 aliphatic rings. The van der Waals surface area contributed by atoms with Gasteiger partial charge in [-0.05, 0) is 42.4 Å². The molecular weight excluding hydrogens is 184 g/mol. The van der Waals surface area contributed by atoms with Gasteiger partial charge in [-0.25, -0.2) is 0 Å². The molecule has 0 aliphatic heterocycles. The highest BCUT2D eigenvalue weighted by Crippen LogP contribution is 2.27. The molecule has 1 aliphatic carbocycles. The monoisotopic (exact) mass is 204 g/mol. The first-order valence-electron chi connectivity index (χ1n) is 5.98. The Morgan fingerprint density at radius 1 is 1.33 bits per heavy atom. The van der Waals surface area contributed by atoms with Gasteiger partial charge in [-0.15, -0.1) is 0 Å². The minimum absolute atomic E-state index is 0.581. The predicted octanol–water partition coefficient (Wildman–Crippen LogP) is 3.99. The summed E-state index contributed by atoms with van der Waals surface area (Å²) < 4.78 is 5.80. The molecule has 0 heterocycles. The first kappa shape index (κ1) is 10.5. The Bertz CT molecular complexity index is 313. The van der Waals surface area contributed by atoms with Gasteiger partial charge >= 0.3 is 0 Å². The fraction of sp³-hybridized carbons (Fsp3) is 0.571. The lowest BCUT2D eigenvalue weighted by molar-refractivity contribution is 0.180. The molecule has 2 rings (SSSR count). The average Bonchev–Trinajstić information content (AvgIpc) is 2.16. The Morgan fingerprint density at radius 3 is 2.73 bits per heavy atom. The van der Waals surface area contributed by atoms with E-state index in [4.69, 9.17) is 4.74 Å². The van der Waals surface area contributed by atoms with Crippen molar-refractivity contribution >= 4 is 0 Å². The Hall–Kier alpha value is -0.980. The summed E-state index contributed by atoms with van der Waals surface area (Å²) in [6.07, 6.45) is 4.09.